The van der Waals surface area contributed by atoms with E-state index in [1.165, 1.54) is 35.9 Å². The van der Waals surface area contributed by atoms with E-state index in [9.17, 15) is 0 Å². The number of likely N-dealkylation sites (tertiary alicyclic amines) is 1. The van der Waals surface area contributed by atoms with Crippen LogP contribution in [0.3, 0.4) is 0 Å². The first-order chi connectivity index (χ1) is 13.3. The standard InChI is InChI=1S/C24H29N3/c1-26(17-14-20-8-3-2-4-9-20)22-11-7-16-27(19-22)18-21-10-5-13-24-23(21)12-6-15-25-24/h2-6,8-10,12-13,15,22H,7,11,14,16-19H2,1H3. The third-order valence-corrected chi connectivity index (χ3v) is 5.83. The molecular formula is C24H29N3. The summed E-state index contributed by atoms with van der Waals surface area (Å²) in [6.07, 6.45) is 5.59. The van der Waals surface area contributed by atoms with Crippen LogP contribution < -0.4 is 0 Å². The lowest BCUT2D eigenvalue weighted by atomic mass is 10.0. The highest BCUT2D eigenvalue weighted by molar-refractivity contribution is 5.81. The highest BCUT2D eigenvalue weighted by Crippen LogP contribution is 2.22. The van der Waals surface area contributed by atoms with Gasteiger partial charge in [0.15, 0.2) is 0 Å². The molecule has 0 radical (unpaired) electrons. The monoisotopic (exact) mass is 359 g/mol. The molecular weight excluding hydrogens is 330 g/mol. The summed E-state index contributed by atoms with van der Waals surface area (Å²) < 4.78 is 0. The van der Waals surface area contributed by atoms with E-state index < -0.39 is 0 Å². The fourth-order valence-corrected chi connectivity index (χ4v) is 4.21. The van der Waals surface area contributed by atoms with Gasteiger partial charge in [0.2, 0.25) is 0 Å². The van der Waals surface area contributed by atoms with Crippen LogP contribution in [0, 0.1) is 0 Å². The molecule has 3 heteroatoms. The van der Waals surface area contributed by atoms with Gasteiger partial charge in [0.1, 0.15) is 0 Å². The number of hydrogen-bond acceptors (Lipinski definition) is 3. The summed E-state index contributed by atoms with van der Waals surface area (Å²) in [6, 6.07) is 22.2. The van der Waals surface area contributed by atoms with Crippen molar-refractivity contribution in [2.45, 2.75) is 31.8 Å². The van der Waals surface area contributed by atoms with Gasteiger partial charge in [0.05, 0.1) is 5.52 Å². The highest BCUT2D eigenvalue weighted by Gasteiger charge is 2.23. The Kier molecular flexibility index (Phi) is 5.81. The summed E-state index contributed by atoms with van der Waals surface area (Å²) in [5.41, 5.74) is 3.93. The molecule has 27 heavy (non-hydrogen) atoms. The molecule has 0 spiro atoms. The zero-order valence-electron chi connectivity index (χ0n) is 16.2. The van der Waals surface area contributed by atoms with Gasteiger partial charge in [-0.15, -0.1) is 0 Å². The molecule has 1 fully saturated rings. The molecule has 1 aromatic heterocycles. The van der Waals surface area contributed by atoms with Crippen molar-refractivity contribution < 1.29 is 0 Å². The number of rotatable bonds is 6. The van der Waals surface area contributed by atoms with Crippen LogP contribution in [0.2, 0.25) is 0 Å². The van der Waals surface area contributed by atoms with Gasteiger partial charge in [-0.3, -0.25) is 9.88 Å². The summed E-state index contributed by atoms with van der Waals surface area (Å²) in [6.45, 7) is 4.49. The van der Waals surface area contributed by atoms with Crippen LogP contribution in [0.25, 0.3) is 10.9 Å². The molecule has 0 N–H and O–H groups in total. The molecule has 1 aliphatic rings. The lowest BCUT2D eigenvalue weighted by Gasteiger charge is -2.38. The Morgan fingerprint density at radius 2 is 1.93 bits per heavy atom. The van der Waals surface area contributed by atoms with E-state index in [-0.39, 0.29) is 0 Å². The number of likely N-dealkylation sites (N-methyl/N-ethyl adjacent to an activating group) is 1. The van der Waals surface area contributed by atoms with Crippen LogP contribution in [-0.2, 0) is 13.0 Å². The number of piperidine rings is 1. The second kappa shape index (κ2) is 8.64. The van der Waals surface area contributed by atoms with Crippen molar-refractivity contribution >= 4 is 10.9 Å². The van der Waals surface area contributed by atoms with Crippen molar-refractivity contribution in [1.82, 2.24) is 14.8 Å². The molecule has 1 atom stereocenters. The summed E-state index contributed by atoms with van der Waals surface area (Å²) >= 11 is 0. The van der Waals surface area contributed by atoms with Crippen LogP contribution in [-0.4, -0.2) is 47.5 Å². The van der Waals surface area contributed by atoms with Gasteiger partial charge in [-0.2, -0.15) is 0 Å². The maximum absolute atomic E-state index is 4.50. The fraction of sp³-hybridized carbons (Fsp3) is 0.375. The van der Waals surface area contributed by atoms with Gasteiger partial charge in [0, 0.05) is 37.3 Å². The number of aromatic nitrogens is 1. The Bertz CT molecular complexity index is 856. The minimum absolute atomic E-state index is 0.649. The molecule has 2 heterocycles. The van der Waals surface area contributed by atoms with E-state index in [0.29, 0.717) is 6.04 Å². The van der Waals surface area contributed by atoms with Crippen LogP contribution in [0.5, 0.6) is 0 Å². The summed E-state index contributed by atoms with van der Waals surface area (Å²) in [4.78, 5) is 9.68. The predicted molar refractivity (Wildman–Crippen MR) is 113 cm³/mol. The summed E-state index contributed by atoms with van der Waals surface area (Å²) in [5, 5.41) is 1.29. The predicted octanol–water partition coefficient (Wildman–Crippen LogP) is 4.37. The maximum atomic E-state index is 4.50. The molecule has 2 aromatic carbocycles. The molecule has 1 aliphatic heterocycles. The third kappa shape index (κ3) is 4.55. The maximum Gasteiger partial charge on any atom is 0.0705 e. The molecule has 4 rings (SSSR count). The van der Waals surface area contributed by atoms with Gasteiger partial charge in [-0.1, -0.05) is 48.5 Å². The lowest BCUT2D eigenvalue weighted by molar-refractivity contribution is 0.112. The number of benzene rings is 2. The minimum atomic E-state index is 0.649. The first kappa shape index (κ1) is 18.1. The smallest absolute Gasteiger partial charge is 0.0705 e. The van der Waals surface area contributed by atoms with E-state index in [2.05, 4.69) is 76.4 Å². The van der Waals surface area contributed by atoms with E-state index in [1.54, 1.807) is 0 Å². The van der Waals surface area contributed by atoms with Gasteiger partial charge in [-0.05, 0) is 56.1 Å². The summed E-state index contributed by atoms with van der Waals surface area (Å²) in [5.74, 6) is 0. The van der Waals surface area contributed by atoms with Gasteiger partial charge in [-0.25, -0.2) is 0 Å². The number of fused-ring (bicyclic) bond motifs is 1. The van der Waals surface area contributed by atoms with Gasteiger partial charge in [0.25, 0.3) is 0 Å². The van der Waals surface area contributed by atoms with Gasteiger partial charge < -0.3 is 4.90 Å². The van der Waals surface area contributed by atoms with E-state index in [0.717, 1.165) is 31.6 Å². The largest absolute Gasteiger partial charge is 0.302 e. The van der Waals surface area contributed by atoms with Crippen LogP contribution in [0.4, 0.5) is 0 Å². The van der Waals surface area contributed by atoms with E-state index in [4.69, 9.17) is 0 Å². The van der Waals surface area contributed by atoms with Crippen molar-refractivity contribution in [1.29, 1.82) is 0 Å². The first-order valence-electron chi connectivity index (χ1n) is 10.1. The van der Waals surface area contributed by atoms with Crippen LogP contribution in [0.15, 0.2) is 66.9 Å². The molecule has 3 aromatic rings. The fourth-order valence-electron chi connectivity index (χ4n) is 4.21. The zero-order valence-corrected chi connectivity index (χ0v) is 16.2. The van der Waals surface area contributed by atoms with E-state index >= 15 is 0 Å². The topological polar surface area (TPSA) is 19.4 Å². The second-order valence-electron chi connectivity index (χ2n) is 7.73. The molecule has 0 amide bonds. The molecule has 1 saturated heterocycles. The number of nitrogens with zero attached hydrogens (tertiary/aromatic N) is 3. The Labute approximate surface area is 162 Å². The zero-order chi connectivity index (χ0) is 18.5. The molecule has 0 saturated carbocycles. The Hall–Kier alpha value is -2.23. The molecule has 3 nitrogen and oxygen atoms in total. The van der Waals surface area contributed by atoms with Crippen LogP contribution in [0.1, 0.15) is 24.0 Å². The average Bonchev–Trinajstić information content (AvgIpc) is 2.73. The van der Waals surface area contributed by atoms with Crippen molar-refractivity contribution in [3.8, 4) is 0 Å². The lowest BCUT2D eigenvalue weighted by Crippen LogP contribution is -2.46. The third-order valence-electron chi connectivity index (χ3n) is 5.83. The van der Waals surface area contributed by atoms with Gasteiger partial charge >= 0.3 is 0 Å². The number of pyridine rings is 1. The normalized spacial score (nSPS) is 18.2. The number of hydrogen-bond donors (Lipinski definition) is 0. The van der Waals surface area contributed by atoms with Crippen LogP contribution >= 0.6 is 0 Å². The van der Waals surface area contributed by atoms with Crippen molar-refractivity contribution in [2.75, 3.05) is 26.7 Å². The quantitative estimate of drug-likeness (QED) is 0.651. The van der Waals surface area contributed by atoms with Crippen molar-refractivity contribution in [3.05, 3.63) is 78.0 Å². The SMILES string of the molecule is CN(CCc1ccccc1)C1CCCN(Cc2cccc3ncccc23)C1. The van der Waals surface area contributed by atoms with Crippen molar-refractivity contribution in [3.63, 3.8) is 0 Å². The highest BCUT2D eigenvalue weighted by atomic mass is 15.2. The molecule has 140 valence electrons. The molecule has 0 aliphatic carbocycles. The minimum Gasteiger partial charge on any atom is -0.302 e. The molecule has 0 bridgehead atoms. The first-order valence-corrected chi connectivity index (χ1v) is 10.1. The second-order valence-corrected chi connectivity index (χ2v) is 7.73. The average molecular weight is 360 g/mol. The van der Waals surface area contributed by atoms with E-state index in [1.807, 2.05) is 12.3 Å². The molecule has 1 unspecified atom stereocenters. The Morgan fingerprint density at radius 3 is 2.81 bits per heavy atom. The Balaban J connectivity index is 1.37. The Morgan fingerprint density at radius 1 is 1.04 bits per heavy atom. The summed E-state index contributed by atoms with van der Waals surface area (Å²) in [7, 11) is 2.29. The van der Waals surface area contributed by atoms with Crippen molar-refractivity contribution in [2.24, 2.45) is 0 Å².